The minimum Gasteiger partial charge on any atom is -0.309 e. The Labute approximate surface area is 85.5 Å². The van der Waals surface area contributed by atoms with Crippen molar-refractivity contribution >= 4 is 0 Å². The van der Waals surface area contributed by atoms with Gasteiger partial charge in [-0.15, -0.1) is 0 Å². The summed E-state index contributed by atoms with van der Waals surface area (Å²) >= 11 is 0. The van der Waals surface area contributed by atoms with Crippen LogP contribution in [0.4, 0.5) is 4.39 Å². The molecule has 2 heteroatoms. The molecular formula is C12H18FN. The van der Waals surface area contributed by atoms with Gasteiger partial charge in [0, 0.05) is 0 Å². The average Bonchev–Trinajstić information content (AvgIpc) is 2.15. The van der Waals surface area contributed by atoms with Crippen molar-refractivity contribution in [2.75, 3.05) is 20.6 Å². The molecule has 1 nitrogen and oxygen atoms in total. The van der Waals surface area contributed by atoms with Crippen LogP contribution in [0, 0.1) is 5.82 Å². The van der Waals surface area contributed by atoms with Crippen LogP contribution < -0.4 is 0 Å². The van der Waals surface area contributed by atoms with Crippen molar-refractivity contribution in [1.82, 2.24) is 4.90 Å². The summed E-state index contributed by atoms with van der Waals surface area (Å²) in [6.07, 6.45) is 3.42. The molecule has 0 saturated heterocycles. The molecule has 1 aromatic carbocycles. The molecule has 78 valence electrons. The molecule has 1 aromatic rings. The first-order valence-corrected chi connectivity index (χ1v) is 5.07. The van der Waals surface area contributed by atoms with E-state index in [4.69, 9.17) is 0 Å². The predicted molar refractivity (Wildman–Crippen MR) is 57.9 cm³/mol. The van der Waals surface area contributed by atoms with E-state index in [-0.39, 0.29) is 5.82 Å². The lowest BCUT2D eigenvalue weighted by atomic mass is 10.1. The van der Waals surface area contributed by atoms with Gasteiger partial charge in [0.2, 0.25) is 0 Å². The Bertz CT molecular complexity index is 254. The van der Waals surface area contributed by atoms with Crippen molar-refractivity contribution in [3.8, 4) is 0 Å². The number of aryl methyl sites for hydroxylation is 1. The fraction of sp³-hybridized carbons (Fsp3) is 0.500. The number of rotatable bonds is 5. The number of hydrogen-bond acceptors (Lipinski definition) is 1. The van der Waals surface area contributed by atoms with Crippen molar-refractivity contribution in [2.24, 2.45) is 0 Å². The zero-order valence-corrected chi connectivity index (χ0v) is 8.96. The summed E-state index contributed by atoms with van der Waals surface area (Å²) in [5, 5.41) is 0. The summed E-state index contributed by atoms with van der Waals surface area (Å²) < 4.78 is 12.6. The Morgan fingerprint density at radius 1 is 1.07 bits per heavy atom. The lowest BCUT2D eigenvalue weighted by Gasteiger charge is -2.08. The molecule has 0 aliphatic rings. The summed E-state index contributed by atoms with van der Waals surface area (Å²) in [7, 11) is 4.16. The van der Waals surface area contributed by atoms with Crippen LogP contribution in [0.15, 0.2) is 24.3 Å². The molecule has 0 saturated carbocycles. The van der Waals surface area contributed by atoms with Gasteiger partial charge in [0.25, 0.3) is 0 Å². The van der Waals surface area contributed by atoms with E-state index in [1.165, 1.54) is 30.5 Å². The highest BCUT2D eigenvalue weighted by atomic mass is 19.1. The fourth-order valence-electron chi connectivity index (χ4n) is 1.41. The highest BCUT2D eigenvalue weighted by Crippen LogP contribution is 2.06. The van der Waals surface area contributed by atoms with Gasteiger partial charge in [0.05, 0.1) is 0 Å². The third-order valence-electron chi connectivity index (χ3n) is 2.23. The number of halogens is 1. The molecule has 0 aliphatic heterocycles. The Hall–Kier alpha value is -0.890. The van der Waals surface area contributed by atoms with Crippen LogP contribution in [-0.4, -0.2) is 25.5 Å². The van der Waals surface area contributed by atoms with E-state index in [1.807, 2.05) is 12.1 Å². The second-order valence-electron chi connectivity index (χ2n) is 3.89. The first-order valence-electron chi connectivity index (χ1n) is 5.07. The molecule has 0 heterocycles. The van der Waals surface area contributed by atoms with Gasteiger partial charge in [0.1, 0.15) is 5.82 Å². The van der Waals surface area contributed by atoms with E-state index in [0.29, 0.717) is 0 Å². The largest absolute Gasteiger partial charge is 0.309 e. The second kappa shape index (κ2) is 5.76. The molecule has 1 rings (SSSR count). The molecule has 0 N–H and O–H groups in total. The zero-order chi connectivity index (χ0) is 10.4. The molecule has 0 fully saturated rings. The van der Waals surface area contributed by atoms with Crippen molar-refractivity contribution in [3.63, 3.8) is 0 Å². The predicted octanol–water partition coefficient (Wildman–Crippen LogP) is 2.71. The van der Waals surface area contributed by atoms with E-state index in [2.05, 4.69) is 19.0 Å². The lowest BCUT2D eigenvalue weighted by molar-refractivity contribution is 0.394. The SMILES string of the molecule is CN(C)CCCCc1ccc(F)cc1. The topological polar surface area (TPSA) is 3.24 Å². The van der Waals surface area contributed by atoms with Crippen molar-refractivity contribution in [1.29, 1.82) is 0 Å². The zero-order valence-electron chi connectivity index (χ0n) is 8.96. The standard InChI is InChI=1S/C12H18FN/c1-14(2)10-4-3-5-11-6-8-12(13)9-7-11/h6-9H,3-5,10H2,1-2H3. The summed E-state index contributed by atoms with van der Waals surface area (Å²) in [6, 6.07) is 6.79. The summed E-state index contributed by atoms with van der Waals surface area (Å²) in [4.78, 5) is 2.19. The van der Waals surface area contributed by atoms with Gasteiger partial charge in [-0.2, -0.15) is 0 Å². The number of benzene rings is 1. The average molecular weight is 195 g/mol. The molecule has 0 amide bonds. The van der Waals surface area contributed by atoms with E-state index >= 15 is 0 Å². The molecule has 0 unspecified atom stereocenters. The van der Waals surface area contributed by atoms with Crippen LogP contribution in [0.5, 0.6) is 0 Å². The maximum Gasteiger partial charge on any atom is 0.123 e. The minimum absolute atomic E-state index is 0.151. The van der Waals surface area contributed by atoms with Crippen molar-refractivity contribution < 1.29 is 4.39 Å². The second-order valence-corrected chi connectivity index (χ2v) is 3.89. The van der Waals surface area contributed by atoms with Crippen LogP contribution in [0.3, 0.4) is 0 Å². The highest BCUT2D eigenvalue weighted by molar-refractivity contribution is 5.15. The van der Waals surface area contributed by atoms with Gasteiger partial charge in [-0.25, -0.2) is 4.39 Å². The normalized spacial score (nSPS) is 10.9. The molecule has 0 aliphatic carbocycles. The van der Waals surface area contributed by atoms with Crippen LogP contribution in [0.1, 0.15) is 18.4 Å². The number of unbranched alkanes of at least 4 members (excludes halogenated alkanes) is 1. The molecule has 0 bridgehead atoms. The molecular weight excluding hydrogens is 177 g/mol. The molecule has 0 atom stereocenters. The highest BCUT2D eigenvalue weighted by Gasteiger charge is 1.95. The fourth-order valence-corrected chi connectivity index (χ4v) is 1.41. The Morgan fingerprint density at radius 3 is 2.29 bits per heavy atom. The molecule has 0 spiro atoms. The quantitative estimate of drug-likeness (QED) is 0.653. The van der Waals surface area contributed by atoms with Gasteiger partial charge >= 0.3 is 0 Å². The van der Waals surface area contributed by atoms with Crippen LogP contribution in [0.25, 0.3) is 0 Å². The van der Waals surface area contributed by atoms with Gasteiger partial charge in [-0.3, -0.25) is 0 Å². The van der Waals surface area contributed by atoms with Gasteiger partial charge in [-0.05, 0) is 57.6 Å². The first-order chi connectivity index (χ1) is 6.68. The van der Waals surface area contributed by atoms with Crippen molar-refractivity contribution in [3.05, 3.63) is 35.6 Å². The van der Waals surface area contributed by atoms with Gasteiger partial charge in [-0.1, -0.05) is 12.1 Å². The van der Waals surface area contributed by atoms with E-state index < -0.39 is 0 Å². The first kappa shape index (κ1) is 11.2. The maximum atomic E-state index is 12.6. The molecule has 14 heavy (non-hydrogen) atoms. The molecule has 0 radical (unpaired) electrons. The molecule has 0 aromatic heterocycles. The smallest absolute Gasteiger partial charge is 0.123 e. The number of nitrogens with zero attached hydrogens (tertiary/aromatic N) is 1. The van der Waals surface area contributed by atoms with Gasteiger partial charge < -0.3 is 4.90 Å². The Balaban J connectivity index is 2.21. The summed E-state index contributed by atoms with van der Waals surface area (Å²) in [5.41, 5.74) is 1.23. The third kappa shape index (κ3) is 4.38. The summed E-state index contributed by atoms with van der Waals surface area (Å²) in [5.74, 6) is -0.151. The van der Waals surface area contributed by atoms with E-state index in [9.17, 15) is 4.39 Å². The van der Waals surface area contributed by atoms with Crippen LogP contribution in [0.2, 0.25) is 0 Å². The third-order valence-corrected chi connectivity index (χ3v) is 2.23. The van der Waals surface area contributed by atoms with Gasteiger partial charge in [0.15, 0.2) is 0 Å². The van der Waals surface area contributed by atoms with Crippen LogP contribution >= 0.6 is 0 Å². The number of hydrogen-bond donors (Lipinski definition) is 0. The van der Waals surface area contributed by atoms with Crippen LogP contribution in [-0.2, 0) is 6.42 Å². The maximum absolute atomic E-state index is 12.6. The van der Waals surface area contributed by atoms with E-state index in [1.54, 1.807) is 0 Å². The van der Waals surface area contributed by atoms with Crippen molar-refractivity contribution in [2.45, 2.75) is 19.3 Å². The Kier molecular flexibility index (Phi) is 4.60. The minimum atomic E-state index is -0.151. The van der Waals surface area contributed by atoms with E-state index in [0.717, 1.165) is 13.0 Å². The monoisotopic (exact) mass is 195 g/mol. The Morgan fingerprint density at radius 2 is 1.71 bits per heavy atom. The lowest BCUT2D eigenvalue weighted by Crippen LogP contribution is -2.12. The summed E-state index contributed by atoms with van der Waals surface area (Å²) in [6.45, 7) is 1.13.